The van der Waals surface area contributed by atoms with Crippen molar-refractivity contribution in [2.24, 2.45) is 0 Å². The summed E-state index contributed by atoms with van der Waals surface area (Å²) in [6.45, 7) is 6.22. The van der Waals surface area contributed by atoms with E-state index in [2.05, 4.69) is 34.0 Å². The Kier molecular flexibility index (Phi) is 4.29. The number of anilines is 2. The minimum Gasteiger partial charge on any atom is -0.382 e. The number of nitrogens with zero attached hydrogens (tertiary/aromatic N) is 3. The van der Waals surface area contributed by atoms with Crippen molar-refractivity contribution in [3.8, 4) is 0 Å². The van der Waals surface area contributed by atoms with E-state index < -0.39 is 0 Å². The van der Waals surface area contributed by atoms with Gasteiger partial charge in [-0.3, -0.25) is 0 Å². The fourth-order valence-electron chi connectivity index (χ4n) is 3.42. The fraction of sp³-hybridized carbons (Fsp3) is 0.368. The molecule has 1 aromatic carbocycles. The average molecular weight is 356 g/mol. The number of aromatic nitrogens is 2. The van der Waals surface area contributed by atoms with E-state index in [4.69, 9.17) is 0 Å². The second-order valence-electron chi connectivity index (χ2n) is 6.57. The van der Waals surface area contributed by atoms with Crippen molar-refractivity contribution in [1.29, 1.82) is 0 Å². The van der Waals surface area contributed by atoms with Gasteiger partial charge in [0.2, 0.25) is 0 Å². The van der Waals surface area contributed by atoms with Crippen LogP contribution in [0.3, 0.4) is 0 Å². The molecule has 0 bridgehead atoms. The molecule has 4 nitrogen and oxygen atoms in total. The molecule has 1 saturated heterocycles. The van der Waals surface area contributed by atoms with Gasteiger partial charge in [-0.2, -0.15) is 0 Å². The van der Waals surface area contributed by atoms with Crippen LogP contribution in [0, 0.1) is 19.7 Å². The van der Waals surface area contributed by atoms with Crippen LogP contribution in [0.25, 0.3) is 10.2 Å². The van der Waals surface area contributed by atoms with Crippen LogP contribution in [0.5, 0.6) is 0 Å². The molecule has 0 spiro atoms. The van der Waals surface area contributed by atoms with Gasteiger partial charge in [-0.25, -0.2) is 14.4 Å². The van der Waals surface area contributed by atoms with Gasteiger partial charge in [0.1, 0.15) is 22.8 Å². The van der Waals surface area contributed by atoms with Crippen LogP contribution in [-0.2, 0) is 0 Å². The Labute approximate surface area is 150 Å². The molecule has 2 aromatic heterocycles. The molecule has 0 unspecified atom stereocenters. The van der Waals surface area contributed by atoms with Crippen LogP contribution in [0.4, 0.5) is 15.9 Å². The van der Waals surface area contributed by atoms with E-state index in [0.29, 0.717) is 6.04 Å². The molecule has 0 atom stereocenters. The van der Waals surface area contributed by atoms with E-state index in [9.17, 15) is 4.39 Å². The zero-order valence-electron chi connectivity index (χ0n) is 14.4. The summed E-state index contributed by atoms with van der Waals surface area (Å²) in [5.41, 5.74) is 2.27. The number of thiophene rings is 1. The minimum absolute atomic E-state index is 0.199. The molecule has 130 valence electrons. The first-order valence-electron chi connectivity index (χ1n) is 8.59. The van der Waals surface area contributed by atoms with Crippen LogP contribution < -0.4 is 10.2 Å². The molecule has 0 amide bonds. The first-order valence-corrected chi connectivity index (χ1v) is 9.41. The van der Waals surface area contributed by atoms with Crippen LogP contribution in [0.15, 0.2) is 30.6 Å². The van der Waals surface area contributed by atoms with Gasteiger partial charge in [0.15, 0.2) is 0 Å². The van der Waals surface area contributed by atoms with Gasteiger partial charge in [0.25, 0.3) is 0 Å². The average Bonchev–Trinajstić information content (AvgIpc) is 2.92. The molecule has 1 aliphatic heterocycles. The van der Waals surface area contributed by atoms with Gasteiger partial charge in [0.05, 0.1) is 5.39 Å². The van der Waals surface area contributed by atoms with Crippen molar-refractivity contribution >= 4 is 33.1 Å². The van der Waals surface area contributed by atoms with Gasteiger partial charge >= 0.3 is 0 Å². The number of aryl methyl sites for hydroxylation is 2. The Morgan fingerprint density at radius 3 is 2.56 bits per heavy atom. The van der Waals surface area contributed by atoms with Crippen LogP contribution >= 0.6 is 11.3 Å². The Balaban J connectivity index is 1.48. The highest BCUT2D eigenvalue weighted by Gasteiger charge is 2.23. The molecule has 3 heterocycles. The molecular formula is C19H21FN4S. The maximum absolute atomic E-state index is 13.0. The molecular weight excluding hydrogens is 335 g/mol. The van der Waals surface area contributed by atoms with E-state index in [0.717, 1.165) is 42.3 Å². The van der Waals surface area contributed by atoms with Gasteiger partial charge in [-0.1, -0.05) is 0 Å². The molecule has 25 heavy (non-hydrogen) atoms. The Hall–Kier alpha value is -2.21. The zero-order valence-corrected chi connectivity index (χ0v) is 15.2. The Morgan fingerprint density at radius 2 is 1.84 bits per heavy atom. The van der Waals surface area contributed by atoms with Crippen molar-refractivity contribution in [2.75, 3.05) is 23.3 Å². The van der Waals surface area contributed by atoms with Gasteiger partial charge in [-0.15, -0.1) is 11.3 Å². The highest BCUT2D eigenvalue weighted by atomic mass is 32.1. The Morgan fingerprint density at radius 1 is 1.12 bits per heavy atom. The standard InChI is InChI=1S/C19H21FN4S/c1-12-13(2)25-19-17(12)18(21-11-22-19)24-9-7-16(8-10-24)23-15-5-3-14(20)4-6-15/h3-6,11,16,23H,7-10H2,1-2H3. The molecule has 6 heteroatoms. The smallest absolute Gasteiger partial charge is 0.141 e. The first-order chi connectivity index (χ1) is 12.1. The normalized spacial score (nSPS) is 15.7. The maximum atomic E-state index is 13.0. The summed E-state index contributed by atoms with van der Waals surface area (Å²) in [6.07, 6.45) is 3.74. The molecule has 3 aromatic rings. The highest BCUT2D eigenvalue weighted by molar-refractivity contribution is 7.18. The number of benzene rings is 1. The molecule has 0 aliphatic carbocycles. The van der Waals surface area contributed by atoms with Gasteiger partial charge in [-0.05, 0) is 56.5 Å². The second kappa shape index (κ2) is 6.59. The van der Waals surface area contributed by atoms with Crippen LogP contribution in [-0.4, -0.2) is 29.1 Å². The molecule has 0 saturated carbocycles. The van der Waals surface area contributed by atoms with Crippen LogP contribution in [0.2, 0.25) is 0 Å². The third-order valence-electron chi connectivity index (χ3n) is 4.95. The first kappa shape index (κ1) is 16.3. The number of fused-ring (bicyclic) bond motifs is 1. The number of rotatable bonds is 3. The summed E-state index contributed by atoms with van der Waals surface area (Å²) < 4.78 is 13.0. The predicted molar refractivity (Wildman–Crippen MR) is 102 cm³/mol. The zero-order chi connectivity index (χ0) is 17.4. The lowest BCUT2D eigenvalue weighted by Crippen LogP contribution is -2.39. The quantitative estimate of drug-likeness (QED) is 0.749. The molecule has 4 rings (SSSR count). The van der Waals surface area contributed by atoms with Gasteiger partial charge in [0, 0.05) is 29.7 Å². The van der Waals surface area contributed by atoms with E-state index in [1.807, 2.05) is 0 Å². The van der Waals surface area contributed by atoms with Crippen LogP contribution in [0.1, 0.15) is 23.3 Å². The topological polar surface area (TPSA) is 41.1 Å². The summed E-state index contributed by atoms with van der Waals surface area (Å²) in [4.78, 5) is 13.8. The van der Waals surface area contributed by atoms with Crippen molar-refractivity contribution in [3.05, 3.63) is 46.9 Å². The van der Waals surface area contributed by atoms with Crippen molar-refractivity contribution in [1.82, 2.24) is 9.97 Å². The maximum Gasteiger partial charge on any atom is 0.141 e. The monoisotopic (exact) mass is 356 g/mol. The lowest BCUT2D eigenvalue weighted by molar-refractivity contribution is 0.524. The SMILES string of the molecule is Cc1sc2ncnc(N3CCC(Nc4ccc(F)cc4)CC3)c2c1C. The third-order valence-corrected chi connectivity index (χ3v) is 6.07. The third kappa shape index (κ3) is 3.18. The number of hydrogen-bond donors (Lipinski definition) is 1. The number of halogens is 1. The lowest BCUT2D eigenvalue weighted by atomic mass is 10.0. The van der Waals surface area contributed by atoms with E-state index in [1.165, 1.54) is 28.0 Å². The lowest BCUT2D eigenvalue weighted by Gasteiger charge is -2.34. The predicted octanol–water partition coefficient (Wildman–Crippen LogP) is 4.53. The van der Waals surface area contributed by atoms with Gasteiger partial charge < -0.3 is 10.2 Å². The molecule has 0 radical (unpaired) electrons. The number of hydrogen-bond acceptors (Lipinski definition) is 5. The minimum atomic E-state index is -0.199. The molecule has 1 fully saturated rings. The van der Waals surface area contributed by atoms with E-state index in [1.54, 1.807) is 29.8 Å². The fourth-order valence-corrected chi connectivity index (χ4v) is 4.41. The largest absolute Gasteiger partial charge is 0.382 e. The summed E-state index contributed by atoms with van der Waals surface area (Å²) in [5, 5.41) is 4.71. The highest BCUT2D eigenvalue weighted by Crippen LogP contribution is 2.35. The van der Waals surface area contributed by atoms with Crippen molar-refractivity contribution in [3.63, 3.8) is 0 Å². The Bertz CT molecular complexity index is 882. The summed E-state index contributed by atoms with van der Waals surface area (Å²) in [7, 11) is 0. The summed E-state index contributed by atoms with van der Waals surface area (Å²) in [6, 6.07) is 7.00. The summed E-state index contributed by atoms with van der Waals surface area (Å²) >= 11 is 1.74. The second-order valence-corrected chi connectivity index (χ2v) is 7.78. The van der Waals surface area contributed by atoms with Crippen molar-refractivity contribution in [2.45, 2.75) is 32.7 Å². The van der Waals surface area contributed by atoms with Crippen molar-refractivity contribution < 1.29 is 4.39 Å². The van der Waals surface area contributed by atoms with E-state index >= 15 is 0 Å². The number of piperidine rings is 1. The molecule has 1 N–H and O–H groups in total. The molecule has 1 aliphatic rings. The van der Waals surface area contributed by atoms with E-state index in [-0.39, 0.29) is 5.82 Å². The summed E-state index contributed by atoms with van der Waals surface area (Å²) in [5.74, 6) is 0.863. The number of nitrogens with one attached hydrogen (secondary N) is 1.